The van der Waals surface area contributed by atoms with Crippen molar-refractivity contribution in [2.45, 2.75) is 44.9 Å². The summed E-state index contributed by atoms with van der Waals surface area (Å²) in [5.74, 6) is 0.447. The fourth-order valence-corrected chi connectivity index (χ4v) is 4.32. The van der Waals surface area contributed by atoms with Crippen LogP contribution >= 0.6 is 0 Å². The highest BCUT2D eigenvalue weighted by atomic mass is 19.4. The SMILES string of the molecule is C[C@H](N)C(=O)N1CCC([C@@H](C)Nc2ncc(C#N)c(-c3c[nH]c4ncc(C(F)(F)F)cc34)n2)CC1. The van der Waals surface area contributed by atoms with Gasteiger partial charge < -0.3 is 20.9 Å². The van der Waals surface area contributed by atoms with Gasteiger partial charge in [-0.3, -0.25) is 4.79 Å². The predicted molar refractivity (Wildman–Crippen MR) is 123 cm³/mol. The molecule has 184 valence electrons. The molecule has 9 nitrogen and oxygen atoms in total. The number of nitrogens with one attached hydrogen (secondary N) is 2. The van der Waals surface area contributed by atoms with Crippen LogP contribution in [0.1, 0.15) is 37.8 Å². The Morgan fingerprint density at radius 3 is 2.63 bits per heavy atom. The summed E-state index contributed by atoms with van der Waals surface area (Å²) in [6.07, 6.45) is 0.605. The number of nitriles is 1. The van der Waals surface area contributed by atoms with Crippen molar-refractivity contribution in [1.82, 2.24) is 24.8 Å². The Balaban J connectivity index is 1.57. The van der Waals surface area contributed by atoms with E-state index in [1.54, 1.807) is 11.8 Å². The summed E-state index contributed by atoms with van der Waals surface area (Å²) >= 11 is 0. The molecule has 4 rings (SSSR count). The minimum Gasteiger partial charge on any atom is -0.351 e. The third-order valence-electron chi connectivity index (χ3n) is 6.33. The summed E-state index contributed by atoms with van der Waals surface area (Å²) in [6.45, 7) is 4.88. The van der Waals surface area contributed by atoms with Crippen molar-refractivity contribution >= 4 is 22.9 Å². The van der Waals surface area contributed by atoms with E-state index in [-0.39, 0.29) is 46.1 Å². The molecular weight excluding hydrogens is 461 g/mol. The Labute approximate surface area is 199 Å². The van der Waals surface area contributed by atoms with Gasteiger partial charge in [-0.15, -0.1) is 0 Å². The number of rotatable bonds is 5. The highest BCUT2D eigenvalue weighted by molar-refractivity contribution is 5.94. The van der Waals surface area contributed by atoms with Crippen LogP contribution in [-0.4, -0.2) is 55.9 Å². The van der Waals surface area contributed by atoms with Gasteiger partial charge in [-0.05, 0) is 38.7 Å². The lowest BCUT2D eigenvalue weighted by atomic mass is 9.90. The van der Waals surface area contributed by atoms with Crippen LogP contribution in [0, 0.1) is 17.2 Å². The third kappa shape index (κ3) is 5.05. The number of anilines is 1. The van der Waals surface area contributed by atoms with E-state index >= 15 is 0 Å². The van der Waals surface area contributed by atoms with Crippen molar-refractivity contribution in [2.24, 2.45) is 11.7 Å². The number of pyridine rings is 1. The van der Waals surface area contributed by atoms with Gasteiger partial charge in [0.25, 0.3) is 0 Å². The van der Waals surface area contributed by atoms with Crippen molar-refractivity contribution in [3.63, 3.8) is 0 Å². The van der Waals surface area contributed by atoms with E-state index in [9.17, 15) is 23.2 Å². The first-order valence-corrected chi connectivity index (χ1v) is 11.2. The number of nitrogens with two attached hydrogens (primary N) is 1. The zero-order valence-corrected chi connectivity index (χ0v) is 19.2. The molecule has 12 heteroatoms. The second-order valence-corrected chi connectivity index (χ2v) is 8.77. The molecule has 0 aromatic carbocycles. The highest BCUT2D eigenvalue weighted by Crippen LogP contribution is 2.35. The number of hydrogen-bond acceptors (Lipinski definition) is 7. The summed E-state index contributed by atoms with van der Waals surface area (Å²) in [6, 6.07) is 2.43. The smallest absolute Gasteiger partial charge is 0.351 e. The lowest BCUT2D eigenvalue weighted by Crippen LogP contribution is -2.47. The van der Waals surface area contributed by atoms with Crippen molar-refractivity contribution < 1.29 is 18.0 Å². The quantitative estimate of drug-likeness (QED) is 0.503. The molecule has 1 saturated heterocycles. The number of aromatic amines is 1. The molecule has 1 amide bonds. The zero-order valence-electron chi connectivity index (χ0n) is 19.2. The number of aromatic nitrogens is 4. The van der Waals surface area contributed by atoms with Crippen molar-refractivity contribution in [2.75, 3.05) is 18.4 Å². The van der Waals surface area contributed by atoms with Crippen LogP contribution in [0.3, 0.4) is 0 Å². The number of amides is 1. The van der Waals surface area contributed by atoms with Gasteiger partial charge in [0.05, 0.1) is 29.1 Å². The molecule has 0 aliphatic carbocycles. The first kappa shape index (κ1) is 24.4. The van der Waals surface area contributed by atoms with Crippen LogP contribution in [0.4, 0.5) is 19.1 Å². The van der Waals surface area contributed by atoms with Gasteiger partial charge in [-0.2, -0.15) is 18.4 Å². The van der Waals surface area contributed by atoms with E-state index in [1.165, 1.54) is 12.4 Å². The summed E-state index contributed by atoms with van der Waals surface area (Å²) < 4.78 is 39.7. The zero-order chi connectivity index (χ0) is 25.3. The van der Waals surface area contributed by atoms with Gasteiger partial charge in [-0.25, -0.2) is 15.0 Å². The molecule has 3 aromatic heterocycles. The molecule has 4 N–H and O–H groups in total. The minimum atomic E-state index is -4.55. The molecule has 4 heterocycles. The number of fused-ring (bicyclic) bond motifs is 1. The van der Waals surface area contributed by atoms with E-state index in [0.29, 0.717) is 18.7 Å². The Hall–Kier alpha value is -3.72. The molecular formula is C23H25F3N8O. The number of H-pyrrole nitrogens is 1. The standard InChI is InChI=1S/C23H25F3N8O/c1-12(28)21(35)34-5-3-14(4-6-34)13(2)32-22-31-9-15(8-27)19(33-22)18-11-30-20-17(18)7-16(10-29-20)23(24,25)26/h7,9-14H,3-6,28H2,1-2H3,(H,29,30)(H,31,32,33)/t12-,13+/m0/s1. The predicted octanol–water partition coefficient (Wildman–Crippen LogP) is 3.30. The average molecular weight is 487 g/mol. The van der Waals surface area contributed by atoms with E-state index in [4.69, 9.17) is 5.73 Å². The second kappa shape index (κ2) is 9.50. The topological polar surface area (TPSA) is 137 Å². The normalized spacial score (nSPS) is 16.7. The number of carbonyl (C=O) groups excluding carboxylic acids is 1. The van der Waals surface area contributed by atoms with E-state index in [1.807, 2.05) is 13.0 Å². The summed E-state index contributed by atoms with van der Waals surface area (Å²) in [5.41, 5.74) is 5.74. The van der Waals surface area contributed by atoms with Crippen molar-refractivity contribution in [3.05, 3.63) is 35.8 Å². The third-order valence-corrected chi connectivity index (χ3v) is 6.33. The molecule has 0 spiro atoms. The summed E-state index contributed by atoms with van der Waals surface area (Å²) in [7, 11) is 0. The summed E-state index contributed by atoms with van der Waals surface area (Å²) in [4.78, 5) is 29.3. The van der Waals surface area contributed by atoms with Gasteiger partial charge in [0.1, 0.15) is 11.7 Å². The average Bonchev–Trinajstić information content (AvgIpc) is 3.26. The Morgan fingerprint density at radius 1 is 1.29 bits per heavy atom. The van der Waals surface area contributed by atoms with Crippen molar-refractivity contribution in [3.8, 4) is 17.3 Å². The van der Waals surface area contributed by atoms with Crippen LogP contribution in [0.5, 0.6) is 0 Å². The monoisotopic (exact) mass is 486 g/mol. The van der Waals surface area contributed by atoms with Crippen molar-refractivity contribution in [1.29, 1.82) is 5.26 Å². The Kier molecular flexibility index (Phi) is 6.62. The molecule has 0 radical (unpaired) electrons. The largest absolute Gasteiger partial charge is 0.417 e. The second-order valence-electron chi connectivity index (χ2n) is 8.77. The fourth-order valence-electron chi connectivity index (χ4n) is 4.32. The maximum Gasteiger partial charge on any atom is 0.417 e. The number of nitrogens with zero attached hydrogens (tertiary/aromatic N) is 5. The van der Waals surface area contributed by atoms with Gasteiger partial charge in [0, 0.05) is 42.5 Å². The lowest BCUT2D eigenvalue weighted by molar-refractivity contribution is -0.137. The maximum absolute atomic E-state index is 13.2. The maximum atomic E-state index is 13.2. The van der Waals surface area contributed by atoms with Crippen LogP contribution in [-0.2, 0) is 11.0 Å². The van der Waals surface area contributed by atoms with Crippen LogP contribution in [0.15, 0.2) is 24.7 Å². The van der Waals surface area contributed by atoms with Crippen LogP contribution in [0.25, 0.3) is 22.3 Å². The van der Waals surface area contributed by atoms with E-state index in [2.05, 4.69) is 25.3 Å². The fraction of sp³-hybridized carbons (Fsp3) is 0.435. The van der Waals surface area contributed by atoms with E-state index < -0.39 is 17.8 Å². The number of hydrogen-bond donors (Lipinski definition) is 3. The number of piperidine rings is 1. The molecule has 1 aliphatic rings. The molecule has 1 fully saturated rings. The molecule has 0 unspecified atom stereocenters. The molecule has 35 heavy (non-hydrogen) atoms. The number of likely N-dealkylation sites (tertiary alicyclic amines) is 1. The first-order chi connectivity index (χ1) is 16.6. The van der Waals surface area contributed by atoms with Gasteiger partial charge in [-0.1, -0.05) is 0 Å². The molecule has 3 aromatic rings. The molecule has 0 saturated carbocycles. The first-order valence-electron chi connectivity index (χ1n) is 11.2. The Bertz CT molecular complexity index is 1270. The van der Waals surface area contributed by atoms with Crippen LogP contribution < -0.4 is 11.1 Å². The number of halogens is 3. The molecule has 2 atom stereocenters. The van der Waals surface area contributed by atoms with E-state index in [0.717, 1.165) is 25.1 Å². The van der Waals surface area contributed by atoms with Gasteiger partial charge >= 0.3 is 6.18 Å². The Morgan fingerprint density at radius 2 is 2.00 bits per heavy atom. The van der Waals surface area contributed by atoms with Gasteiger partial charge in [0.2, 0.25) is 11.9 Å². The highest BCUT2D eigenvalue weighted by Gasteiger charge is 2.32. The number of alkyl halides is 3. The number of carbonyl (C=O) groups is 1. The minimum absolute atomic E-state index is 0.0372. The summed E-state index contributed by atoms with van der Waals surface area (Å²) in [5, 5.41) is 13.0. The lowest BCUT2D eigenvalue weighted by Gasteiger charge is -2.35. The molecule has 0 bridgehead atoms. The van der Waals surface area contributed by atoms with Gasteiger partial charge in [0.15, 0.2) is 0 Å². The molecule has 1 aliphatic heterocycles. The van der Waals surface area contributed by atoms with Crippen LogP contribution in [0.2, 0.25) is 0 Å².